The van der Waals surface area contributed by atoms with Crippen LogP contribution >= 0.6 is 0 Å². The molecular weight excluding hydrogens is 264 g/mol. The summed E-state index contributed by atoms with van der Waals surface area (Å²) in [5, 5.41) is 0. The molecule has 4 heteroatoms. The SMILES string of the molecule is CC(C)(C)c1ccccc1N1CC(=O)N2CCCC2C1=O. The van der Waals surface area contributed by atoms with Gasteiger partial charge in [0.2, 0.25) is 11.8 Å². The lowest BCUT2D eigenvalue weighted by Crippen LogP contribution is -2.57. The quantitative estimate of drug-likeness (QED) is 0.795. The number of piperazine rings is 1. The predicted octanol–water partition coefficient (Wildman–Crippen LogP) is 2.32. The van der Waals surface area contributed by atoms with Gasteiger partial charge in [-0.05, 0) is 29.9 Å². The highest BCUT2D eigenvalue weighted by Crippen LogP contribution is 2.34. The fourth-order valence-electron chi connectivity index (χ4n) is 3.35. The van der Waals surface area contributed by atoms with Gasteiger partial charge in [-0.2, -0.15) is 0 Å². The van der Waals surface area contributed by atoms with Crippen LogP contribution in [0, 0.1) is 0 Å². The van der Waals surface area contributed by atoms with E-state index in [9.17, 15) is 9.59 Å². The van der Waals surface area contributed by atoms with Crippen LogP contribution in [0.4, 0.5) is 5.69 Å². The third kappa shape index (κ3) is 2.33. The van der Waals surface area contributed by atoms with Gasteiger partial charge in [-0.25, -0.2) is 0 Å². The Hall–Kier alpha value is -1.84. The second-order valence-electron chi connectivity index (χ2n) is 6.94. The average molecular weight is 286 g/mol. The summed E-state index contributed by atoms with van der Waals surface area (Å²) < 4.78 is 0. The topological polar surface area (TPSA) is 40.6 Å². The molecule has 0 bridgehead atoms. The number of rotatable bonds is 1. The maximum absolute atomic E-state index is 12.8. The van der Waals surface area contributed by atoms with Gasteiger partial charge in [-0.1, -0.05) is 39.0 Å². The van der Waals surface area contributed by atoms with Crippen LogP contribution in [0.1, 0.15) is 39.2 Å². The summed E-state index contributed by atoms with van der Waals surface area (Å²) in [5.74, 6) is 0.143. The Kier molecular flexibility index (Phi) is 3.27. The summed E-state index contributed by atoms with van der Waals surface area (Å²) in [7, 11) is 0. The van der Waals surface area contributed by atoms with Crippen molar-refractivity contribution in [1.29, 1.82) is 0 Å². The molecule has 2 heterocycles. The highest BCUT2D eigenvalue weighted by molar-refractivity contribution is 6.07. The van der Waals surface area contributed by atoms with Crippen molar-refractivity contribution in [3.63, 3.8) is 0 Å². The third-order valence-electron chi connectivity index (χ3n) is 4.42. The Morgan fingerprint density at radius 1 is 1.14 bits per heavy atom. The Balaban J connectivity index is 2.01. The fraction of sp³-hybridized carbons (Fsp3) is 0.529. The summed E-state index contributed by atoms with van der Waals surface area (Å²) in [6.45, 7) is 7.28. The van der Waals surface area contributed by atoms with E-state index in [1.165, 1.54) is 0 Å². The molecular formula is C17H22N2O2. The van der Waals surface area contributed by atoms with Gasteiger partial charge in [0.05, 0.1) is 0 Å². The van der Waals surface area contributed by atoms with Gasteiger partial charge in [0.25, 0.3) is 0 Å². The van der Waals surface area contributed by atoms with Crippen LogP contribution in [0.15, 0.2) is 24.3 Å². The summed E-state index contributed by atoms with van der Waals surface area (Å²) in [4.78, 5) is 28.5. The van der Waals surface area contributed by atoms with Gasteiger partial charge in [-0.15, -0.1) is 0 Å². The van der Waals surface area contributed by atoms with Gasteiger partial charge in [0.15, 0.2) is 0 Å². The van der Waals surface area contributed by atoms with Crippen LogP contribution in [-0.2, 0) is 15.0 Å². The number of carbonyl (C=O) groups excluding carboxylic acids is 2. The Morgan fingerprint density at radius 3 is 2.57 bits per heavy atom. The molecule has 1 atom stereocenters. The summed E-state index contributed by atoms with van der Waals surface area (Å²) in [5.41, 5.74) is 1.93. The first-order valence-corrected chi connectivity index (χ1v) is 7.60. The van der Waals surface area contributed by atoms with Crippen molar-refractivity contribution in [3.05, 3.63) is 29.8 Å². The molecule has 2 amide bonds. The minimum Gasteiger partial charge on any atom is -0.329 e. The molecule has 2 aliphatic rings. The second-order valence-corrected chi connectivity index (χ2v) is 6.94. The lowest BCUT2D eigenvalue weighted by atomic mass is 9.85. The fourth-order valence-corrected chi connectivity index (χ4v) is 3.35. The van der Waals surface area contributed by atoms with Crippen LogP contribution in [0.25, 0.3) is 0 Å². The summed E-state index contributed by atoms with van der Waals surface area (Å²) in [6, 6.07) is 7.68. The van der Waals surface area contributed by atoms with Crippen molar-refractivity contribution in [2.24, 2.45) is 0 Å². The van der Waals surface area contributed by atoms with E-state index >= 15 is 0 Å². The number of carbonyl (C=O) groups is 2. The van der Waals surface area contributed by atoms with Gasteiger partial charge in [0, 0.05) is 12.2 Å². The van der Waals surface area contributed by atoms with Crippen LogP contribution in [0.5, 0.6) is 0 Å². The normalized spacial score (nSPS) is 22.7. The Morgan fingerprint density at radius 2 is 1.86 bits per heavy atom. The van der Waals surface area contributed by atoms with Crippen LogP contribution in [0.2, 0.25) is 0 Å². The molecule has 1 aromatic rings. The molecule has 2 aliphatic heterocycles. The molecule has 1 aromatic carbocycles. The minimum atomic E-state index is -0.251. The molecule has 1 unspecified atom stereocenters. The van der Waals surface area contributed by atoms with Crippen LogP contribution in [0.3, 0.4) is 0 Å². The van der Waals surface area contributed by atoms with E-state index in [-0.39, 0.29) is 29.8 Å². The van der Waals surface area contributed by atoms with E-state index < -0.39 is 0 Å². The Bertz CT molecular complexity index is 589. The third-order valence-corrected chi connectivity index (χ3v) is 4.42. The van der Waals surface area contributed by atoms with Gasteiger partial charge in [-0.3, -0.25) is 9.59 Å². The lowest BCUT2D eigenvalue weighted by Gasteiger charge is -2.38. The highest BCUT2D eigenvalue weighted by Gasteiger charge is 2.43. The van der Waals surface area contributed by atoms with Crippen LogP contribution in [-0.4, -0.2) is 35.8 Å². The highest BCUT2D eigenvalue weighted by atomic mass is 16.2. The van der Waals surface area contributed by atoms with E-state index in [2.05, 4.69) is 20.8 Å². The number of benzene rings is 1. The zero-order valence-electron chi connectivity index (χ0n) is 12.9. The van der Waals surface area contributed by atoms with Crippen LogP contribution < -0.4 is 4.90 Å². The molecule has 0 spiro atoms. The number of hydrogen-bond acceptors (Lipinski definition) is 2. The number of anilines is 1. The molecule has 2 fully saturated rings. The average Bonchev–Trinajstić information content (AvgIpc) is 2.92. The zero-order chi connectivity index (χ0) is 15.2. The Labute approximate surface area is 125 Å². The van der Waals surface area contributed by atoms with E-state index in [0.29, 0.717) is 0 Å². The molecule has 0 radical (unpaired) electrons. The molecule has 0 N–H and O–H groups in total. The van der Waals surface area contributed by atoms with Gasteiger partial charge in [0.1, 0.15) is 12.6 Å². The van der Waals surface area contributed by atoms with Crippen molar-refractivity contribution < 1.29 is 9.59 Å². The first-order chi connectivity index (χ1) is 9.89. The predicted molar refractivity (Wildman–Crippen MR) is 82.2 cm³/mol. The zero-order valence-corrected chi connectivity index (χ0v) is 12.9. The number of nitrogens with zero attached hydrogens (tertiary/aromatic N) is 2. The van der Waals surface area contributed by atoms with E-state index in [1.807, 2.05) is 24.3 Å². The molecule has 21 heavy (non-hydrogen) atoms. The molecule has 0 aliphatic carbocycles. The van der Waals surface area contributed by atoms with Gasteiger partial charge < -0.3 is 9.80 Å². The number of fused-ring (bicyclic) bond motifs is 1. The minimum absolute atomic E-state index is 0.0628. The van der Waals surface area contributed by atoms with Crippen molar-refractivity contribution in [3.8, 4) is 0 Å². The first-order valence-electron chi connectivity index (χ1n) is 7.60. The number of hydrogen-bond donors (Lipinski definition) is 0. The number of para-hydroxylation sites is 1. The largest absolute Gasteiger partial charge is 0.329 e. The first kappa shape index (κ1) is 14.1. The molecule has 0 saturated carbocycles. The van der Waals surface area contributed by atoms with E-state index in [0.717, 1.165) is 30.6 Å². The molecule has 2 saturated heterocycles. The van der Waals surface area contributed by atoms with Gasteiger partial charge >= 0.3 is 0 Å². The van der Waals surface area contributed by atoms with Crippen molar-refractivity contribution in [1.82, 2.24) is 4.90 Å². The van der Waals surface area contributed by atoms with Crippen molar-refractivity contribution in [2.45, 2.75) is 45.1 Å². The summed E-state index contributed by atoms with van der Waals surface area (Å²) >= 11 is 0. The maximum Gasteiger partial charge on any atom is 0.250 e. The smallest absolute Gasteiger partial charge is 0.250 e. The van der Waals surface area contributed by atoms with Crippen molar-refractivity contribution in [2.75, 3.05) is 18.0 Å². The lowest BCUT2D eigenvalue weighted by molar-refractivity contribution is -0.140. The number of amides is 2. The van der Waals surface area contributed by atoms with E-state index in [1.54, 1.807) is 9.80 Å². The molecule has 0 aromatic heterocycles. The van der Waals surface area contributed by atoms with Crippen molar-refractivity contribution >= 4 is 17.5 Å². The second kappa shape index (κ2) is 4.86. The molecule has 112 valence electrons. The maximum atomic E-state index is 12.8. The molecule has 3 rings (SSSR count). The standard InChI is InChI=1S/C17H22N2O2/c1-17(2,3)12-7-4-5-8-13(12)19-11-15(20)18-10-6-9-14(18)16(19)21/h4-5,7-8,14H,6,9-11H2,1-3H3. The monoisotopic (exact) mass is 286 g/mol. The molecule has 4 nitrogen and oxygen atoms in total. The van der Waals surface area contributed by atoms with E-state index in [4.69, 9.17) is 0 Å². The summed E-state index contributed by atoms with van der Waals surface area (Å²) in [6.07, 6.45) is 1.72.